The summed E-state index contributed by atoms with van der Waals surface area (Å²) in [5.74, 6) is 0.684. The van der Waals surface area contributed by atoms with Crippen molar-refractivity contribution in [2.24, 2.45) is 5.92 Å². The minimum Gasteiger partial charge on any atom is -0.423 e. The SMILES string of the molecule is C=CC(=O)c1ccc(OC(=O)c2ccc3c(c2)CCC(CCCCC)C3)cc1. The molecule has 0 fully saturated rings. The van der Waals surface area contributed by atoms with Gasteiger partial charge in [-0.15, -0.1) is 0 Å². The third kappa shape index (κ3) is 4.98. The Hall–Kier alpha value is -2.68. The summed E-state index contributed by atoms with van der Waals surface area (Å²) < 4.78 is 5.47. The van der Waals surface area contributed by atoms with E-state index in [4.69, 9.17) is 4.74 Å². The zero-order chi connectivity index (χ0) is 19.9. The van der Waals surface area contributed by atoms with Crippen molar-refractivity contribution in [3.8, 4) is 5.75 Å². The number of hydrogen-bond acceptors (Lipinski definition) is 3. The molecule has 3 heteroatoms. The molecule has 3 rings (SSSR count). The van der Waals surface area contributed by atoms with Crippen LogP contribution in [0.15, 0.2) is 55.1 Å². The Morgan fingerprint density at radius 1 is 1.07 bits per heavy atom. The van der Waals surface area contributed by atoms with Crippen LogP contribution in [0.5, 0.6) is 5.75 Å². The van der Waals surface area contributed by atoms with Crippen LogP contribution in [0.3, 0.4) is 0 Å². The van der Waals surface area contributed by atoms with Crippen LogP contribution in [0, 0.1) is 5.92 Å². The summed E-state index contributed by atoms with van der Waals surface area (Å²) in [5.41, 5.74) is 3.75. The monoisotopic (exact) mass is 376 g/mol. The van der Waals surface area contributed by atoms with Gasteiger partial charge in [-0.3, -0.25) is 4.79 Å². The van der Waals surface area contributed by atoms with Gasteiger partial charge in [0, 0.05) is 5.56 Å². The summed E-state index contributed by atoms with van der Waals surface area (Å²) >= 11 is 0. The van der Waals surface area contributed by atoms with E-state index in [1.54, 1.807) is 24.3 Å². The molecule has 0 saturated heterocycles. The summed E-state index contributed by atoms with van der Waals surface area (Å²) in [6.45, 7) is 5.71. The maximum Gasteiger partial charge on any atom is 0.343 e. The molecule has 1 aliphatic rings. The second-order valence-corrected chi connectivity index (χ2v) is 7.57. The number of ketones is 1. The van der Waals surface area contributed by atoms with Crippen molar-refractivity contribution in [3.05, 3.63) is 77.4 Å². The zero-order valence-electron chi connectivity index (χ0n) is 16.6. The van der Waals surface area contributed by atoms with Gasteiger partial charge in [-0.1, -0.05) is 45.3 Å². The van der Waals surface area contributed by atoms with E-state index in [9.17, 15) is 9.59 Å². The minimum atomic E-state index is -0.365. The van der Waals surface area contributed by atoms with Crippen LogP contribution in [-0.4, -0.2) is 11.8 Å². The summed E-state index contributed by atoms with van der Waals surface area (Å²) in [4.78, 5) is 24.1. The fourth-order valence-corrected chi connectivity index (χ4v) is 3.86. The number of aryl methyl sites for hydroxylation is 1. The molecule has 0 radical (unpaired) electrons. The van der Waals surface area contributed by atoms with E-state index in [0.29, 0.717) is 16.9 Å². The first-order chi connectivity index (χ1) is 13.6. The molecule has 1 unspecified atom stereocenters. The van der Waals surface area contributed by atoms with Crippen molar-refractivity contribution in [1.82, 2.24) is 0 Å². The van der Waals surface area contributed by atoms with Crippen molar-refractivity contribution < 1.29 is 14.3 Å². The zero-order valence-corrected chi connectivity index (χ0v) is 16.6. The third-order valence-electron chi connectivity index (χ3n) is 5.52. The predicted octanol–water partition coefficient (Wildman–Crippen LogP) is 5.96. The molecule has 0 aliphatic heterocycles. The number of unbranched alkanes of at least 4 members (excludes halogenated alkanes) is 2. The first-order valence-electron chi connectivity index (χ1n) is 10.2. The lowest BCUT2D eigenvalue weighted by Gasteiger charge is -2.25. The maximum absolute atomic E-state index is 12.5. The van der Waals surface area contributed by atoms with Crippen molar-refractivity contribution in [2.75, 3.05) is 0 Å². The van der Waals surface area contributed by atoms with E-state index in [-0.39, 0.29) is 11.8 Å². The van der Waals surface area contributed by atoms with E-state index < -0.39 is 0 Å². The average Bonchev–Trinajstić information content (AvgIpc) is 2.73. The fraction of sp³-hybridized carbons (Fsp3) is 0.360. The quantitative estimate of drug-likeness (QED) is 0.188. The lowest BCUT2D eigenvalue weighted by Crippen LogP contribution is -2.16. The van der Waals surface area contributed by atoms with Gasteiger partial charge in [0.25, 0.3) is 0 Å². The van der Waals surface area contributed by atoms with Crippen molar-refractivity contribution in [2.45, 2.75) is 51.9 Å². The molecule has 0 N–H and O–H groups in total. The molecular formula is C25H28O3. The van der Waals surface area contributed by atoms with Gasteiger partial charge in [-0.25, -0.2) is 4.79 Å². The number of rotatable bonds is 8. The molecule has 0 spiro atoms. The Bertz CT molecular complexity index is 849. The Labute approximate surface area is 167 Å². The molecule has 0 saturated carbocycles. The van der Waals surface area contributed by atoms with Crippen LogP contribution in [0.1, 0.15) is 70.9 Å². The number of allylic oxidation sites excluding steroid dienone is 1. The first kappa shape index (κ1) is 20.1. The smallest absolute Gasteiger partial charge is 0.343 e. The summed E-state index contributed by atoms with van der Waals surface area (Å²) in [7, 11) is 0. The van der Waals surface area contributed by atoms with Gasteiger partial charge in [-0.2, -0.15) is 0 Å². The number of esters is 1. The number of hydrogen-bond donors (Lipinski definition) is 0. The summed E-state index contributed by atoms with van der Waals surface area (Å²) in [6.07, 6.45) is 9.83. The molecule has 0 aromatic heterocycles. The Morgan fingerprint density at radius 3 is 2.54 bits per heavy atom. The molecule has 146 valence electrons. The van der Waals surface area contributed by atoms with Crippen molar-refractivity contribution >= 4 is 11.8 Å². The number of carbonyl (C=O) groups excluding carboxylic acids is 2. The van der Waals surface area contributed by atoms with E-state index in [1.165, 1.54) is 49.3 Å². The molecule has 1 atom stereocenters. The Kier molecular flexibility index (Phi) is 6.80. The van der Waals surface area contributed by atoms with Crippen LogP contribution in [0.25, 0.3) is 0 Å². The van der Waals surface area contributed by atoms with Crippen LogP contribution in [-0.2, 0) is 12.8 Å². The predicted molar refractivity (Wildman–Crippen MR) is 112 cm³/mol. The lowest BCUT2D eigenvalue weighted by atomic mass is 9.81. The molecule has 2 aromatic carbocycles. The van der Waals surface area contributed by atoms with Gasteiger partial charge < -0.3 is 4.74 Å². The summed E-state index contributed by atoms with van der Waals surface area (Å²) in [5, 5.41) is 0. The summed E-state index contributed by atoms with van der Waals surface area (Å²) in [6, 6.07) is 12.5. The lowest BCUT2D eigenvalue weighted by molar-refractivity contribution is 0.0734. The van der Waals surface area contributed by atoms with Gasteiger partial charge in [0.15, 0.2) is 5.78 Å². The normalized spacial score (nSPS) is 15.5. The molecular weight excluding hydrogens is 348 g/mol. The fourth-order valence-electron chi connectivity index (χ4n) is 3.86. The maximum atomic E-state index is 12.5. The molecule has 3 nitrogen and oxygen atoms in total. The largest absolute Gasteiger partial charge is 0.423 e. The third-order valence-corrected chi connectivity index (χ3v) is 5.52. The van der Waals surface area contributed by atoms with E-state index >= 15 is 0 Å². The van der Waals surface area contributed by atoms with E-state index in [0.717, 1.165) is 18.8 Å². The first-order valence-corrected chi connectivity index (χ1v) is 10.2. The topological polar surface area (TPSA) is 43.4 Å². The molecule has 0 bridgehead atoms. The number of fused-ring (bicyclic) bond motifs is 1. The van der Waals surface area contributed by atoms with Gasteiger partial charge in [0.05, 0.1) is 5.56 Å². The van der Waals surface area contributed by atoms with Crippen LogP contribution >= 0.6 is 0 Å². The highest BCUT2D eigenvalue weighted by Crippen LogP contribution is 2.30. The number of carbonyl (C=O) groups is 2. The van der Waals surface area contributed by atoms with E-state index in [1.807, 2.05) is 12.1 Å². The number of benzene rings is 2. The second kappa shape index (κ2) is 9.50. The Morgan fingerprint density at radius 2 is 1.82 bits per heavy atom. The molecule has 2 aromatic rings. The van der Waals surface area contributed by atoms with Gasteiger partial charge in [-0.05, 0) is 78.8 Å². The minimum absolute atomic E-state index is 0.152. The highest BCUT2D eigenvalue weighted by Gasteiger charge is 2.20. The Balaban J connectivity index is 1.62. The van der Waals surface area contributed by atoms with Crippen LogP contribution in [0.2, 0.25) is 0 Å². The van der Waals surface area contributed by atoms with E-state index in [2.05, 4.69) is 19.6 Å². The second-order valence-electron chi connectivity index (χ2n) is 7.57. The molecule has 1 aliphatic carbocycles. The van der Waals surface area contributed by atoms with Crippen LogP contribution < -0.4 is 4.74 Å². The highest BCUT2D eigenvalue weighted by molar-refractivity contribution is 6.04. The van der Waals surface area contributed by atoms with Gasteiger partial charge >= 0.3 is 5.97 Å². The van der Waals surface area contributed by atoms with Crippen molar-refractivity contribution in [1.29, 1.82) is 0 Å². The highest BCUT2D eigenvalue weighted by atomic mass is 16.5. The van der Waals surface area contributed by atoms with Gasteiger partial charge in [0.1, 0.15) is 5.75 Å². The molecule has 0 heterocycles. The van der Waals surface area contributed by atoms with Crippen molar-refractivity contribution in [3.63, 3.8) is 0 Å². The number of ether oxygens (including phenoxy) is 1. The molecule has 28 heavy (non-hydrogen) atoms. The average molecular weight is 376 g/mol. The van der Waals surface area contributed by atoms with Gasteiger partial charge in [0.2, 0.25) is 0 Å². The molecule has 0 amide bonds. The van der Waals surface area contributed by atoms with Crippen LogP contribution in [0.4, 0.5) is 0 Å². The standard InChI is InChI=1S/C25H28O3/c1-3-5-6-7-18-8-9-21-17-22(11-10-20(21)16-18)25(27)28-23-14-12-19(13-15-23)24(26)4-2/h4,10-15,17-18H,2-3,5-9,16H2,1H3.